The Balaban J connectivity index is 4.01. The van der Waals surface area contributed by atoms with Crippen LogP contribution in [0.1, 0.15) is 34.1 Å². The van der Waals surface area contributed by atoms with Crippen LogP contribution in [-0.4, -0.2) is 45.1 Å². The van der Waals surface area contributed by atoms with Gasteiger partial charge in [0.1, 0.15) is 0 Å². The molecule has 17 heavy (non-hydrogen) atoms. The van der Waals surface area contributed by atoms with Crippen molar-refractivity contribution in [1.82, 2.24) is 4.72 Å². The Hall–Kier alpha value is -0.170. The highest BCUT2D eigenvalue weighted by atomic mass is 32.2. The highest BCUT2D eigenvalue weighted by molar-refractivity contribution is 7.89. The Labute approximate surface area is 105 Å². The summed E-state index contributed by atoms with van der Waals surface area (Å²) in [6, 6.07) is 0. The maximum atomic E-state index is 11.6. The Bertz CT molecular complexity index is 299. The molecule has 0 saturated carbocycles. The van der Waals surface area contributed by atoms with Gasteiger partial charge in [0.15, 0.2) is 0 Å². The summed E-state index contributed by atoms with van der Waals surface area (Å²) in [6.45, 7) is 8.15. The zero-order valence-corrected chi connectivity index (χ0v) is 12.0. The van der Waals surface area contributed by atoms with E-state index < -0.39 is 10.0 Å². The lowest BCUT2D eigenvalue weighted by molar-refractivity contribution is 0.0911. The third kappa shape index (κ3) is 9.52. The lowest BCUT2D eigenvalue weighted by atomic mass is 9.90. The first-order valence-corrected chi connectivity index (χ1v) is 7.53. The SMILES string of the molecule is CC(C)OCCS(=O)(=O)NCC(C)(C)CCO. The molecule has 0 aromatic rings. The van der Waals surface area contributed by atoms with Crippen LogP contribution in [0.4, 0.5) is 0 Å². The molecule has 2 N–H and O–H groups in total. The molecule has 0 spiro atoms. The third-order valence-electron chi connectivity index (χ3n) is 2.36. The highest BCUT2D eigenvalue weighted by Gasteiger charge is 2.20. The molecule has 0 saturated heterocycles. The normalized spacial score (nSPS) is 13.3. The average Bonchev–Trinajstić information content (AvgIpc) is 2.14. The quantitative estimate of drug-likeness (QED) is 0.646. The van der Waals surface area contributed by atoms with E-state index in [0.29, 0.717) is 13.0 Å². The second kappa shape index (κ2) is 7.31. The lowest BCUT2D eigenvalue weighted by Gasteiger charge is -2.23. The molecule has 0 heterocycles. The van der Waals surface area contributed by atoms with Crippen LogP contribution in [0, 0.1) is 5.41 Å². The summed E-state index contributed by atoms with van der Waals surface area (Å²) in [7, 11) is -3.29. The van der Waals surface area contributed by atoms with Gasteiger partial charge in [0, 0.05) is 13.2 Å². The van der Waals surface area contributed by atoms with E-state index in [1.165, 1.54) is 0 Å². The molecule has 0 amide bonds. The second-order valence-electron chi connectivity index (χ2n) is 5.20. The first-order valence-electron chi connectivity index (χ1n) is 5.88. The van der Waals surface area contributed by atoms with Gasteiger partial charge >= 0.3 is 0 Å². The molecule has 0 bridgehead atoms. The zero-order chi connectivity index (χ0) is 13.5. The number of sulfonamides is 1. The van der Waals surface area contributed by atoms with Crippen molar-refractivity contribution in [2.45, 2.75) is 40.2 Å². The Kier molecular flexibility index (Phi) is 7.23. The van der Waals surface area contributed by atoms with E-state index in [1.807, 2.05) is 27.7 Å². The summed E-state index contributed by atoms with van der Waals surface area (Å²) in [6.07, 6.45) is 0.605. The molecule has 0 fully saturated rings. The minimum Gasteiger partial charge on any atom is -0.396 e. The van der Waals surface area contributed by atoms with E-state index >= 15 is 0 Å². The number of nitrogens with one attached hydrogen (secondary N) is 1. The molecule has 0 aromatic carbocycles. The van der Waals surface area contributed by atoms with Crippen molar-refractivity contribution in [3.05, 3.63) is 0 Å². The number of ether oxygens (including phenoxy) is 1. The van der Waals surface area contributed by atoms with Crippen molar-refractivity contribution in [2.75, 3.05) is 25.5 Å². The van der Waals surface area contributed by atoms with Crippen molar-refractivity contribution in [2.24, 2.45) is 5.41 Å². The number of aliphatic hydroxyl groups excluding tert-OH is 1. The van der Waals surface area contributed by atoms with E-state index in [9.17, 15) is 8.42 Å². The van der Waals surface area contributed by atoms with Gasteiger partial charge in [-0.1, -0.05) is 13.8 Å². The topological polar surface area (TPSA) is 75.6 Å². The van der Waals surface area contributed by atoms with E-state index in [2.05, 4.69) is 4.72 Å². The molecule has 0 aliphatic rings. The van der Waals surface area contributed by atoms with Gasteiger partial charge in [-0.3, -0.25) is 0 Å². The van der Waals surface area contributed by atoms with Gasteiger partial charge in [0.2, 0.25) is 10.0 Å². The summed E-state index contributed by atoms with van der Waals surface area (Å²) in [5.41, 5.74) is -0.235. The van der Waals surface area contributed by atoms with Crippen molar-refractivity contribution in [3.63, 3.8) is 0 Å². The fourth-order valence-corrected chi connectivity index (χ4v) is 2.23. The van der Waals surface area contributed by atoms with Crippen LogP contribution < -0.4 is 4.72 Å². The summed E-state index contributed by atoms with van der Waals surface area (Å²) < 4.78 is 31.0. The minimum absolute atomic E-state index is 0.0274. The van der Waals surface area contributed by atoms with Crippen LogP contribution in [0.3, 0.4) is 0 Å². The minimum atomic E-state index is -3.29. The zero-order valence-electron chi connectivity index (χ0n) is 11.2. The number of hydrogen-bond donors (Lipinski definition) is 2. The number of hydrogen-bond acceptors (Lipinski definition) is 4. The molecule has 5 nitrogen and oxygen atoms in total. The van der Waals surface area contributed by atoms with E-state index in [-0.39, 0.29) is 30.5 Å². The molecule has 0 aromatic heterocycles. The summed E-state index contributed by atoms with van der Waals surface area (Å²) >= 11 is 0. The van der Waals surface area contributed by atoms with E-state index in [4.69, 9.17) is 9.84 Å². The van der Waals surface area contributed by atoms with E-state index in [0.717, 1.165) is 0 Å². The fraction of sp³-hybridized carbons (Fsp3) is 1.00. The van der Waals surface area contributed by atoms with Crippen LogP contribution in [0.25, 0.3) is 0 Å². The maximum absolute atomic E-state index is 11.6. The predicted molar refractivity (Wildman–Crippen MR) is 68.4 cm³/mol. The third-order valence-corrected chi connectivity index (χ3v) is 3.65. The van der Waals surface area contributed by atoms with Gasteiger partial charge in [-0.05, 0) is 25.7 Å². The van der Waals surface area contributed by atoms with Gasteiger partial charge in [-0.15, -0.1) is 0 Å². The molecule has 0 aliphatic carbocycles. The molecule has 0 aliphatic heterocycles. The van der Waals surface area contributed by atoms with Crippen molar-refractivity contribution in [3.8, 4) is 0 Å². The smallest absolute Gasteiger partial charge is 0.213 e. The molecule has 6 heteroatoms. The summed E-state index contributed by atoms with van der Waals surface area (Å²) in [5.74, 6) is -0.0274. The van der Waals surface area contributed by atoms with Crippen molar-refractivity contribution < 1.29 is 18.3 Å². The standard InChI is InChI=1S/C11H25NO4S/c1-10(2)16-7-8-17(14,15)12-9-11(3,4)5-6-13/h10,12-13H,5-9H2,1-4H3. The van der Waals surface area contributed by atoms with Gasteiger partial charge in [0.05, 0.1) is 18.5 Å². The second-order valence-corrected chi connectivity index (χ2v) is 7.12. The fourth-order valence-electron chi connectivity index (χ4n) is 1.16. The van der Waals surface area contributed by atoms with Crippen molar-refractivity contribution >= 4 is 10.0 Å². The van der Waals surface area contributed by atoms with Crippen LogP contribution in [-0.2, 0) is 14.8 Å². The van der Waals surface area contributed by atoms with Crippen LogP contribution in [0.2, 0.25) is 0 Å². The number of aliphatic hydroxyl groups is 1. The number of rotatable bonds is 9. The molecule has 0 unspecified atom stereocenters. The van der Waals surface area contributed by atoms with E-state index in [1.54, 1.807) is 0 Å². The summed E-state index contributed by atoms with van der Waals surface area (Å²) in [4.78, 5) is 0. The molecular formula is C11H25NO4S. The molecule has 104 valence electrons. The molecular weight excluding hydrogens is 242 g/mol. The summed E-state index contributed by atoms with van der Waals surface area (Å²) in [5, 5.41) is 8.84. The molecule has 0 rings (SSSR count). The van der Waals surface area contributed by atoms with Crippen molar-refractivity contribution in [1.29, 1.82) is 0 Å². The Morgan fingerprint density at radius 2 is 1.94 bits per heavy atom. The van der Waals surface area contributed by atoms with Crippen LogP contribution in [0.5, 0.6) is 0 Å². The predicted octanol–water partition coefficient (Wildman–Crippen LogP) is 0.739. The monoisotopic (exact) mass is 267 g/mol. The van der Waals surface area contributed by atoms with Gasteiger partial charge in [-0.2, -0.15) is 0 Å². The van der Waals surface area contributed by atoms with Crippen LogP contribution in [0.15, 0.2) is 0 Å². The molecule has 0 atom stereocenters. The van der Waals surface area contributed by atoms with Crippen LogP contribution >= 0.6 is 0 Å². The van der Waals surface area contributed by atoms with Gasteiger partial charge in [0.25, 0.3) is 0 Å². The first kappa shape index (κ1) is 16.8. The highest BCUT2D eigenvalue weighted by Crippen LogP contribution is 2.18. The molecule has 0 radical (unpaired) electrons. The Morgan fingerprint density at radius 3 is 2.41 bits per heavy atom. The average molecular weight is 267 g/mol. The Morgan fingerprint density at radius 1 is 1.35 bits per heavy atom. The largest absolute Gasteiger partial charge is 0.396 e. The van der Waals surface area contributed by atoms with Gasteiger partial charge in [-0.25, -0.2) is 13.1 Å². The lowest BCUT2D eigenvalue weighted by Crippen LogP contribution is -2.36. The maximum Gasteiger partial charge on any atom is 0.213 e. The first-order chi connectivity index (χ1) is 7.68. The van der Waals surface area contributed by atoms with Gasteiger partial charge < -0.3 is 9.84 Å².